The molecule has 3 N–H and O–H groups in total. The zero-order valence-electron chi connectivity index (χ0n) is 21.3. The molecular formula is C27H39N3O6. The number of carbonyl (C=O) groups is 4. The molecule has 4 rings (SSSR count). The third-order valence-corrected chi connectivity index (χ3v) is 6.97. The molecule has 0 aromatic heterocycles. The van der Waals surface area contributed by atoms with Crippen molar-refractivity contribution < 1.29 is 29.1 Å². The van der Waals surface area contributed by atoms with Crippen molar-refractivity contribution in [3.63, 3.8) is 0 Å². The number of hydrogen-bond acceptors (Lipinski definition) is 6. The first kappa shape index (κ1) is 27.6. The topological polar surface area (TPSA) is 125 Å². The number of unbranched alkanes of at least 4 members (excludes halogenated alkanes) is 2. The van der Waals surface area contributed by atoms with Crippen LogP contribution >= 0.6 is 0 Å². The summed E-state index contributed by atoms with van der Waals surface area (Å²) >= 11 is 0. The molecular weight excluding hydrogens is 462 g/mol. The van der Waals surface area contributed by atoms with Gasteiger partial charge in [-0.25, -0.2) is 5.48 Å². The van der Waals surface area contributed by atoms with Crippen LogP contribution in [0.25, 0.3) is 0 Å². The Morgan fingerprint density at radius 3 is 2.53 bits per heavy atom. The Morgan fingerprint density at radius 2 is 1.83 bits per heavy atom. The lowest BCUT2D eigenvalue weighted by Gasteiger charge is -2.26. The Hall–Kier alpha value is -2.94. The van der Waals surface area contributed by atoms with Gasteiger partial charge in [0.15, 0.2) is 0 Å². The molecule has 3 aliphatic rings. The molecule has 1 fully saturated rings. The molecule has 3 heterocycles. The zero-order valence-corrected chi connectivity index (χ0v) is 21.3. The van der Waals surface area contributed by atoms with E-state index in [1.165, 1.54) is 4.90 Å². The number of imide groups is 1. The van der Waals surface area contributed by atoms with Crippen molar-refractivity contribution in [1.82, 2.24) is 15.7 Å². The van der Waals surface area contributed by atoms with Gasteiger partial charge in [-0.3, -0.25) is 29.3 Å². The van der Waals surface area contributed by atoms with Crippen LogP contribution in [0.5, 0.6) is 5.75 Å². The van der Waals surface area contributed by atoms with Gasteiger partial charge in [-0.1, -0.05) is 32.4 Å². The highest BCUT2D eigenvalue weighted by Crippen LogP contribution is 2.36. The van der Waals surface area contributed by atoms with Crippen molar-refractivity contribution in [3.8, 4) is 5.75 Å². The fraction of sp³-hybridized carbons (Fsp3) is 0.630. The van der Waals surface area contributed by atoms with E-state index in [9.17, 15) is 19.2 Å². The van der Waals surface area contributed by atoms with Crippen LogP contribution in [0, 0.1) is 17.8 Å². The largest absolute Gasteiger partial charge is 0.494 e. The van der Waals surface area contributed by atoms with Crippen LogP contribution in [0.15, 0.2) is 24.3 Å². The fourth-order valence-electron chi connectivity index (χ4n) is 5.09. The Kier molecular flexibility index (Phi) is 10.3. The van der Waals surface area contributed by atoms with Gasteiger partial charge in [0.25, 0.3) is 0 Å². The van der Waals surface area contributed by atoms with Gasteiger partial charge in [-0.15, -0.1) is 0 Å². The lowest BCUT2D eigenvalue weighted by molar-refractivity contribution is -0.148. The van der Waals surface area contributed by atoms with Crippen molar-refractivity contribution >= 4 is 23.6 Å². The summed E-state index contributed by atoms with van der Waals surface area (Å²) in [7, 11) is 0. The quantitative estimate of drug-likeness (QED) is 0.207. The number of nitrogens with zero attached hydrogens (tertiary/aromatic N) is 1. The maximum Gasteiger partial charge on any atom is 0.243 e. The van der Waals surface area contributed by atoms with E-state index in [0.717, 1.165) is 24.2 Å². The average molecular weight is 502 g/mol. The number of ether oxygens (including phenoxy) is 1. The monoisotopic (exact) mass is 501 g/mol. The second-order valence-electron chi connectivity index (χ2n) is 10.2. The summed E-state index contributed by atoms with van der Waals surface area (Å²) < 4.78 is 5.82. The Morgan fingerprint density at radius 1 is 1.08 bits per heavy atom. The molecule has 198 valence electrons. The van der Waals surface area contributed by atoms with Crippen LogP contribution in [0.2, 0.25) is 0 Å². The van der Waals surface area contributed by atoms with E-state index in [0.29, 0.717) is 45.3 Å². The van der Waals surface area contributed by atoms with Crippen LogP contribution in [0.1, 0.15) is 70.8 Å². The maximum absolute atomic E-state index is 13.6. The van der Waals surface area contributed by atoms with E-state index in [1.807, 2.05) is 38.1 Å². The van der Waals surface area contributed by atoms with Crippen LogP contribution in [0.4, 0.5) is 0 Å². The third-order valence-electron chi connectivity index (χ3n) is 6.97. The lowest BCUT2D eigenvalue weighted by atomic mass is 9.84. The van der Waals surface area contributed by atoms with Gasteiger partial charge in [0.1, 0.15) is 11.8 Å². The van der Waals surface area contributed by atoms with E-state index >= 15 is 0 Å². The zero-order chi connectivity index (χ0) is 26.1. The highest BCUT2D eigenvalue weighted by atomic mass is 16.5. The van der Waals surface area contributed by atoms with E-state index in [1.54, 1.807) is 5.48 Å². The third kappa shape index (κ3) is 7.29. The summed E-state index contributed by atoms with van der Waals surface area (Å²) in [5.74, 6) is -1.05. The molecule has 36 heavy (non-hydrogen) atoms. The lowest BCUT2D eigenvalue weighted by Crippen LogP contribution is -2.51. The van der Waals surface area contributed by atoms with Crippen LogP contribution in [0.3, 0.4) is 0 Å². The molecule has 0 spiro atoms. The molecule has 0 aliphatic carbocycles. The smallest absolute Gasteiger partial charge is 0.243 e. The summed E-state index contributed by atoms with van der Waals surface area (Å²) in [4.78, 5) is 52.9. The Bertz CT molecular complexity index is 917. The van der Waals surface area contributed by atoms with Gasteiger partial charge in [0.2, 0.25) is 23.6 Å². The van der Waals surface area contributed by atoms with E-state index < -0.39 is 23.8 Å². The molecule has 1 aromatic carbocycles. The standard InChI is InChI=1S/C27H39N3O6/c1-18(2)16-22-21-8-5-7-15-36-20-12-10-19(11-13-20)17-23(30(26(21)33)27(22)34)25(32)28-14-6-3-4-9-24(31)29-35/h10-13,18,21-23,35H,3-9,14-17H2,1-2H3,(H,28,32)(H,29,31)/t21-,22-,23+/m1/s1. The molecule has 0 radical (unpaired) electrons. The molecule has 9 nitrogen and oxygen atoms in total. The summed E-state index contributed by atoms with van der Waals surface area (Å²) in [5, 5.41) is 11.5. The molecule has 3 aliphatic heterocycles. The fourth-order valence-corrected chi connectivity index (χ4v) is 5.09. The predicted octanol–water partition coefficient (Wildman–Crippen LogP) is 2.99. The Labute approximate surface area is 212 Å². The number of fused-ring (bicyclic) bond motifs is 7. The number of hydrogen-bond donors (Lipinski definition) is 3. The molecule has 4 amide bonds. The SMILES string of the molecule is CC(C)C[C@H]1C(=O)N2C(=O)[C@@H]1CCCCOc1ccc(cc1)C[C@H]2C(=O)NCCCCCC(=O)NO. The maximum atomic E-state index is 13.6. The summed E-state index contributed by atoms with van der Waals surface area (Å²) in [6, 6.07) is 6.55. The molecule has 4 bridgehead atoms. The highest BCUT2D eigenvalue weighted by Gasteiger charge is 2.50. The second kappa shape index (κ2) is 13.4. The molecule has 0 unspecified atom stereocenters. The van der Waals surface area contributed by atoms with Gasteiger partial charge in [-0.05, 0) is 62.1 Å². The number of benzene rings is 1. The number of nitrogens with one attached hydrogen (secondary N) is 2. The predicted molar refractivity (Wildman–Crippen MR) is 133 cm³/mol. The van der Waals surface area contributed by atoms with Crippen LogP contribution < -0.4 is 15.5 Å². The normalized spacial score (nSPS) is 22.3. The highest BCUT2D eigenvalue weighted by molar-refractivity contribution is 6.08. The minimum absolute atomic E-state index is 0.211. The van der Waals surface area contributed by atoms with Gasteiger partial charge in [0, 0.05) is 19.4 Å². The van der Waals surface area contributed by atoms with E-state index in [4.69, 9.17) is 9.94 Å². The van der Waals surface area contributed by atoms with E-state index in [-0.39, 0.29) is 36.5 Å². The minimum atomic E-state index is -0.917. The molecule has 1 aromatic rings. The van der Waals surface area contributed by atoms with Crippen molar-refractivity contribution in [2.45, 2.75) is 77.7 Å². The molecule has 1 saturated heterocycles. The minimum Gasteiger partial charge on any atom is -0.494 e. The summed E-state index contributed by atoms with van der Waals surface area (Å²) in [5.41, 5.74) is 2.45. The summed E-state index contributed by atoms with van der Waals surface area (Å²) in [6.07, 6.45) is 5.16. The van der Waals surface area contributed by atoms with Crippen LogP contribution in [-0.2, 0) is 25.6 Å². The number of hydroxylamine groups is 1. The number of carbonyl (C=O) groups excluding carboxylic acids is 4. The number of rotatable bonds is 9. The average Bonchev–Trinajstić information content (AvgIpc) is 3.07. The van der Waals surface area contributed by atoms with Crippen molar-refractivity contribution in [2.75, 3.05) is 13.2 Å². The molecule has 3 atom stereocenters. The van der Waals surface area contributed by atoms with Crippen molar-refractivity contribution in [2.24, 2.45) is 17.8 Å². The van der Waals surface area contributed by atoms with Gasteiger partial charge in [-0.2, -0.15) is 0 Å². The first-order chi connectivity index (χ1) is 17.3. The van der Waals surface area contributed by atoms with Gasteiger partial charge in [0.05, 0.1) is 18.4 Å². The van der Waals surface area contributed by atoms with Gasteiger partial charge < -0.3 is 10.1 Å². The first-order valence-electron chi connectivity index (χ1n) is 13.1. The summed E-state index contributed by atoms with van der Waals surface area (Å²) in [6.45, 7) is 5.02. The van der Waals surface area contributed by atoms with Gasteiger partial charge >= 0.3 is 0 Å². The van der Waals surface area contributed by atoms with Crippen molar-refractivity contribution in [3.05, 3.63) is 29.8 Å². The van der Waals surface area contributed by atoms with E-state index in [2.05, 4.69) is 5.32 Å². The molecule has 9 heteroatoms. The number of amides is 4. The van der Waals surface area contributed by atoms with Crippen molar-refractivity contribution in [1.29, 1.82) is 0 Å². The molecule has 0 saturated carbocycles. The Balaban J connectivity index is 1.78. The van der Waals surface area contributed by atoms with Crippen LogP contribution in [-0.4, -0.2) is 52.9 Å². The first-order valence-corrected chi connectivity index (χ1v) is 13.1. The second-order valence-corrected chi connectivity index (χ2v) is 10.2.